The summed E-state index contributed by atoms with van der Waals surface area (Å²) in [5, 5.41) is 0. The highest BCUT2D eigenvalue weighted by molar-refractivity contribution is 9.09. The minimum Gasteiger partial charge on any atom is -0.345 e. The molecule has 3 heteroatoms. The molecule has 2 fully saturated rings. The molecule has 0 aromatic carbocycles. The van der Waals surface area contributed by atoms with Gasteiger partial charge in [-0.05, 0) is 26.7 Å². The summed E-state index contributed by atoms with van der Waals surface area (Å²) in [5.74, 6) is -0.345. The number of hydrogen-bond donors (Lipinski definition) is 0. The van der Waals surface area contributed by atoms with Crippen LogP contribution in [0.15, 0.2) is 0 Å². The third-order valence-corrected chi connectivity index (χ3v) is 3.01. The van der Waals surface area contributed by atoms with E-state index in [-0.39, 0.29) is 5.79 Å². The lowest BCUT2D eigenvalue weighted by molar-refractivity contribution is -0.150. The third kappa shape index (κ3) is 1.46. The van der Waals surface area contributed by atoms with Gasteiger partial charge in [0.2, 0.25) is 0 Å². The van der Waals surface area contributed by atoms with Gasteiger partial charge in [-0.3, -0.25) is 0 Å². The van der Waals surface area contributed by atoms with E-state index >= 15 is 0 Å². The minimum atomic E-state index is -0.345. The van der Waals surface area contributed by atoms with Crippen molar-refractivity contribution in [3.8, 4) is 0 Å². The maximum absolute atomic E-state index is 5.69. The molecule has 2 rings (SSSR count). The predicted molar refractivity (Wildman–Crippen MR) is 45.8 cm³/mol. The molecule has 1 saturated carbocycles. The van der Waals surface area contributed by atoms with E-state index in [0.29, 0.717) is 17.0 Å². The van der Waals surface area contributed by atoms with Crippen molar-refractivity contribution in [2.24, 2.45) is 0 Å². The second-order valence-corrected chi connectivity index (χ2v) is 5.08. The quantitative estimate of drug-likeness (QED) is 0.583. The van der Waals surface area contributed by atoms with Gasteiger partial charge < -0.3 is 9.47 Å². The molecule has 1 heterocycles. The zero-order valence-corrected chi connectivity index (χ0v) is 8.43. The highest BCUT2D eigenvalue weighted by Gasteiger charge is 2.46. The Hall–Kier alpha value is 0.400. The summed E-state index contributed by atoms with van der Waals surface area (Å²) >= 11 is 3.57. The molecule has 0 radical (unpaired) electrons. The zero-order valence-electron chi connectivity index (χ0n) is 6.84. The van der Waals surface area contributed by atoms with E-state index in [2.05, 4.69) is 15.9 Å². The van der Waals surface area contributed by atoms with E-state index in [0.717, 1.165) is 12.8 Å². The lowest BCUT2D eigenvalue weighted by Gasteiger charge is -2.18. The van der Waals surface area contributed by atoms with E-state index < -0.39 is 0 Å². The van der Waals surface area contributed by atoms with Crippen LogP contribution < -0.4 is 0 Å². The highest BCUT2D eigenvalue weighted by atomic mass is 79.9. The van der Waals surface area contributed by atoms with E-state index in [1.54, 1.807) is 0 Å². The molecule has 0 amide bonds. The van der Waals surface area contributed by atoms with Gasteiger partial charge in [-0.1, -0.05) is 15.9 Å². The van der Waals surface area contributed by atoms with Gasteiger partial charge >= 0.3 is 0 Å². The topological polar surface area (TPSA) is 18.5 Å². The van der Waals surface area contributed by atoms with E-state index in [9.17, 15) is 0 Å². The molecule has 2 atom stereocenters. The predicted octanol–water partition coefficient (Wildman–Crippen LogP) is 2.06. The van der Waals surface area contributed by atoms with E-state index in [4.69, 9.17) is 9.47 Å². The first-order chi connectivity index (χ1) is 5.07. The van der Waals surface area contributed by atoms with Crippen LogP contribution in [0.5, 0.6) is 0 Å². The smallest absolute Gasteiger partial charge is 0.163 e. The summed E-state index contributed by atoms with van der Waals surface area (Å²) < 4.78 is 11.4. The minimum absolute atomic E-state index is 0.328. The third-order valence-electron chi connectivity index (χ3n) is 2.26. The SMILES string of the molecule is CC1(C)OC2CC(Br)CC2O1. The van der Waals surface area contributed by atoms with E-state index in [1.165, 1.54) is 0 Å². The van der Waals surface area contributed by atoms with E-state index in [1.807, 2.05) is 13.8 Å². The molecule has 2 nitrogen and oxygen atoms in total. The Bertz CT molecular complexity index is 153. The van der Waals surface area contributed by atoms with Crippen molar-refractivity contribution in [1.29, 1.82) is 0 Å². The van der Waals surface area contributed by atoms with Crippen molar-refractivity contribution in [3.63, 3.8) is 0 Å². The molecule has 0 spiro atoms. The first kappa shape index (κ1) is 8.02. The number of alkyl halides is 1. The standard InChI is InChI=1S/C8H13BrO2/c1-8(2)10-6-3-5(9)4-7(6)11-8/h5-7H,3-4H2,1-2H3. The van der Waals surface area contributed by atoms with Crippen LogP contribution in [0.25, 0.3) is 0 Å². The molecule has 2 aliphatic rings. The van der Waals surface area contributed by atoms with Crippen molar-refractivity contribution >= 4 is 15.9 Å². The number of ether oxygens (including phenoxy) is 2. The number of rotatable bonds is 0. The lowest BCUT2D eigenvalue weighted by atomic mass is 10.3. The van der Waals surface area contributed by atoms with Crippen molar-refractivity contribution in [2.75, 3.05) is 0 Å². The van der Waals surface area contributed by atoms with Crippen LogP contribution >= 0.6 is 15.9 Å². The van der Waals surface area contributed by atoms with Crippen LogP contribution in [0.2, 0.25) is 0 Å². The average Bonchev–Trinajstić information content (AvgIpc) is 2.17. The first-order valence-electron chi connectivity index (χ1n) is 4.06. The molecule has 1 aliphatic carbocycles. The fourth-order valence-corrected chi connectivity index (χ4v) is 2.65. The average molecular weight is 221 g/mol. The van der Waals surface area contributed by atoms with Crippen LogP contribution in [-0.4, -0.2) is 22.8 Å². The van der Waals surface area contributed by atoms with Crippen molar-refractivity contribution in [3.05, 3.63) is 0 Å². The van der Waals surface area contributed by atoms with Gasteiger partial charge in [0, 0.05) is 4.83 Å². The molecule has 1 aliphatic heterocycles. The molecule has 0 N–H and O–H groups in total. The van der Waals surface area contributed by atoms with Crippen LogP contribution in [0.3, 0.4) is 0 Å². The normalized spacial score (nSPS) is 47.7. The summed E-state index contributed by atoms with van der Waals surface area (Å²) in [4.78, 5) is 0.591. The molecule has 11 heavy (non-hydrogen) atoms. The number of fused-ring (bicyclic) bond motifs is 1. The van der Waals surface area contributed by atoms with Crippen molar-refractivity contribution in [2.45, 2.75) is 49.5 Å². The Morgan fingerprint density at radius 1 is 1.18 bits per heavy atom. The molecule has 2 unspecified atom stereocenters. The number of halogens is 1. The second kappa shape index (κ2) is 2.44. The van der Waals surface area contributed by atoms with Gasteiger partial charge in [0.15, 0.2) is 5.79 Å². The molecular weight excluding hydrogens is 208 g/mol. The number of hydrogen-bond acceptors (Lipinski definition) is 2. The lowest BCUT2D eigenvalue weighted by Crippen LogP contribution is -2.22. The Morgan fingerprint density at radius 3 is 2.09 bits per heavy atom. The van der Waals surface area contributed by atoms with Gasteiger partial charge in [0.1, 0.15) is 0 Å². The summed E-state index contributed by atoms with van der Waals surface area (Å²) in [6.07, 6.45) is 2.84. The molecule has 1 saturated heterocycles. The maximum atomic E-state index is 5.69. The van der Waals surface area contributed by atoms with Gasteiger partial charge in [-0.25, -0.2) is 0 Å². The maximum Gasteiger partial charge on any atom is 0.163 e. The Morgan fingerprint density at radius 2 is 1.64 bits per heavy atom. The highest BCUT2D eigenvalue weighted by Crippen LogP contribution is 2.40. The van der Waals surface area contributed by atoms with Gasteiger partial charge in [0.05, 0.1) is 12.2 Å². The molecule has 0 bridgehead atoms. The summed E-state index contributed by atoms with van der Waals surface area (Å²) in [6, 6.07) is 0. The Balaban J connectivity index is 2.04. The Labute approximate surface area is 75.4 Å². The summed E-state index contributed by atoms with van der Waals surface area (Å²) in [7, 11) is 0. The van der Waals surface area contributed by atoms with Gasteiger partial charge in [0.25, 0.3) is 0 Å². The van der Waals surface area contributed by atoms with Gasteiger partial charge in [-0.2, -0.15) is 0 Å². The molecule has 64 valence electrons. The van der Waals surface area contributed by atoms with Crippen LogP contribution in [0.4, 0.5) is 0 Å². The fraction of sp³-hybridized carbons (Fsp3) is 1.00. The molecule has 0 aromatic rings. The van der Waals surface area contributed by atoms with Crippen LogP contribution in [-0.2, 0) is 9.47 Å². The van der Waals surface area contributed by atoms with Gasteiger partial charge in [-0.15, -0.1) is 0 Å². The monoisotopic (exact) mass is 220 g/mol. The van der Waals surface area contributed by atoms with Crippen LogP contribution in [0.1, 0.15) is 26.7 Å². The Kier molecular flexibility index (Phi) is 1.78. The van der Waals surface area contributed by atoms with Crippen molar-refractivity contribution in [1.82, 2.24) is 0 Å². The molecular formula is C8H13BrO2. The first-order valence-corrected chi connectivity index (χ1v) is 4.98. The van der Waals surface area contributed by atoms with Crippen molar-refractivity contribution < 1.29 is 9.47 Å². The van der Waals surface area contributed by atoms with Crippen LogP contribution in [0, 0.1) is 0 Å². The zero-order chi connectivity index (χ0) is 8.06. The molecule has 0 aromatic heterocycles. The summed E-state index contributed by atoms with van der Waals surface area (Å²) in [5.41, 5.74) is 0. The largest absolute Gasteiger partial charge is 0.345 e. The second-order valence-electron chi connectivity index (χ2n) is 3.78. The summed E-state index contributed by atoms with van der Waals surface area (Å²) in [6.45, 7) is 3.96. The fourth-order valence-electron chi connectivity index (χ4n) is 1.91.